The van der Waals surface area contributed by atoms with E-state index in [0.29, 0.717) is 11.5 Å². The minimum absolute atomic E-state index is 0.290. The third-order valence-corrected chi connectivity index (χ3v) is 2.62. The van der Waals surface area contributed by atoms with E-state index >= 15 is 0 Å². The maximum atomic E-state index is 9.11. The molecule has 0 saturated heterocycles. The second kappa shape index (κ2) is 5.63. The first kappa shape index (κ1) is 14.2. The summed E-state index contributed by atoms with van der Waals surface area (Å²) in [7, 11) is 1.90. The molecule has 2 heterocycles. The second-order valence-electron chi connectivity index (χ2n) is 4.27. The predicted molar refractivity (Wildman–Crippen MR) is 73.4 cm³/mol. The van der Waals surface area contributed by atoms with Crippen molar-refractivity contribution in [1.29, 1.82) is 5.26 Å². The number of nitrogens with zero attached hydrogens (tertiary/aromatic N) is 4. The van der Waals surface area contributed by atoms with E-state index in [1.165, 1.54) is 0 Å². The van der Waals surface area contributed by atoms with Crippen LogP contribution in [0.3, 0.4) is 0 Å². The second-order valence-corrected chi connectivity index (χ2v) is 4.27. The van der Waals surface area contributed by atoms with Crippen LogP contribution < -0.4 is 0 Å². The SMILES string of the molecule is CC.Cc1nc(C(C)C)c2c(C#N)cn(C)c2n1. The number of aromatic nitrogens is 3. The number of nitriles is 1. The summed E-state index contributed by atoms with van der Waals surface area (Å²) in [5.74, 6) is 1.04. The highest BCUT2D eigenvalue weighted by Gasteiger charge is 2.16. The van der Waals surface area contributed by atoms with Crippen LogP contribution in [0.1, 0.15) is 50.7 Å². The summed E-state index contributed by atoms with van der Waals surface area (Å²) >= 11 is 0. The van der Waals surface area contributed by atoms with Crippen molar-refractivity contribution in [2.24, 2.45) is 7.05 Å². The Morgan fingerprint density at radius 3 is 2.39 bits per heavy atom. The maximum Gasteiger partial charge on any atom is 0.145 e. The molecule has 0 aliphatic rings. The summed E-state index contributed by atoms with van der Waals surface area (Å²) in [5, 5.41) is 10.00. The van der Waals surface area contributed by atoms with Gasteiger partial charge in [0.25, 0.3) is 0 Å². The van der Waals surface area contributed by atoms with E-state index in [-0.39, 0.29) is 0 Å². The van der Waals surface area contributed by atoms with Crippen LogP contribution in [-0.2, 0) is 7.05 Å². The average molecular weight is 244 g/mol. The number of rotatable bonds is 1. The molecule has 4 heteroatoms. The zero-order valence-electron chi connectivity index (χ0n) is 11.9. The van der Waals surface area contributed by atoms with Crippen LogP contribution in [0.2, 0.25) is 0 Å². The molecule has 0 aliphatic carbocycles. The molecule has 0 spiro atoms. The van der Waals surface area contributed by atoms with Crippen LogP contribution in [0.5, 0.6) is 0 Å². The topological polar surface area (TPSA) is 54.5 Å². The first-order valence-electron chi connectivity index (χ1n) is 6.28. The lowest BCUT2D eigenvalue weighted by Crippen LogP contribution is -2.00. The van der Waals surface area contributed by atoms with Crippen LogP contribution >= 0.6 is 0 Å². The van der Waals surface area contributed by atoms with Gasteiger partial charge >= 0.3 is 0 Å². The molecule has 2 aromatic rings. The van der Waals surface area contributed by atoms with Crippen LogP contribution in [0, 0.1) is 18.3 Å². The van der Waals surface area contributed by atoms with Gasteiger partial charge in [-0.2, -0.15) is 5.26 Å². The highest BCUT2D eigenvalue weighted by molar-refractivity contribution is 5.86. The minimum Gasteiger partial charge on any atom is -0.334 e. The Bertz CT molecular complexity index is 588. The summed E-state index contributed by atoms with van der Waals surface area (Å²) < 4.78 is 1.88. The number of fused-ring (bicyclic) bond motifs is 1. The third-order valence-electron chi connectivity index (χ3n) is 2.62. The number of aryl methyl sites for hydroxylation is 2. The molecule has 0 fully saturated rings. The van der Waals surface area contributed by atoms with Crippen LogP contribution in [0.15, 0.2) is 6.20 Å². The van der Waals surface area contributed by atoms with E-state index in [9.17, 15) is 0 Å². The molecule has 0 amide bonds. The molecule has 18 heavy (non-hydrogen) atoms. The van der Waals surface area contributed by atoms with Gasteiger partial charge in [0.2, 0.25) is 0 Å². The van der Waals surface area contributed by atoms with Crippen molar-refractivity contribution < 1.29 is 0 Å². The lowest BCUT2D eigenvalue weighted by molar-refractivity contribution is 0.813. The lowest BCUT2D eigenvalue weighted by Gasteiger charge is -2.07. The summed E-state index contributed by atoms with van der Waals surface area (Å²) in [5.41, 5.74) is 2.45. The van der Waals surface area contributed by atoms with E-state index in [0.717, 1.165) is 22.6 Å². The average Bonchev–Trinajstić information content (AvgIpc) is 2.68. The van der Waals surface area contributed by atoms with Gasteiger partial charge in [-0.1, -0.05) is 27.7 Å². The van der Waals surface area contributed by atoms with Crippen molar-refractivity contribution in [2.45, 2.75) is 40.5 Å². The van der Waals surface area contributed by atoms with Crippen molar-refractivity contribution in [3.63, 3.8) is 0 Å². The summed E-state index contributed by atoms with van der Waals surface area (Å²) in [6, 6.07) is 2.20. The van der Waals surface area contributed by atoms with Crippen molar-refractivity contribution >= 4 is 11.0 Å². The smallest absolute Gasteiger partial charge is 0.145 e. The molecule has 0 saturated carbocycles. The van der Waals surface area contributed by atoms with E-state index in [2.05, 4.69) is 29.9 Å². The monoisotopic (exact) mass is 244 g/mol. The van der Waals surface area contributed by atoms with Crippen molar-refractivity contribution in [3.8, 4) is 6.07 Å². The highest BCUT2D eigenvalue weighted by atomic mass is 15.0. The first-order valence-corrected chi connectivity index (χ1v) is 6.28. The van der Waals surface area contributed by atoms with Gasteiger partial charge in [-0.25, -0.2) is 9.97 Å². The number of hydrogen-bond acceptors (Lipinski definition) is 3. The molecular weight excluding hydrogens is 224 g/mol. The molecule has 0 aromatic carbocycles. The summed E-state index contributed by atoms with van der Waals surface area (Å²) in [6.07, 6.45) is 1.81. The molecule has 0 N–H and O–H groups in total. The lowest BCUT2D eigenvalue weighted by atomic mass is 10.0. The largest absolute Gasteiger partial charge is 0.334 e. The van der Waals surface area contributed by atoms with Crippen molar-refractivity contribution in [2.75, 3.05) is 0 Å². The van der Waals surface area contributed by atoms with Gasteiger partial charge in [0.05, 0.1) is 16.6 Å². The third kappa shape index (κ3) is 2.35. The Morgan fingerprint density at radius 2 is 1.89 bits per heavy atom. The van der Waals surface area contributed by atoms with E-state index in [1.54, 1.807) is 0 Å². The molecule has 0 unspecified atom stereocenters. The molecular formula is C14H20N4. The molecule has 4 nitrogen and oxygen atoms in total. The Balaban J connectivity index is 0.000000771. The van der Waals surface area contributed by atoms with Crippen LogP contribution in [-0.4, -0.2) is 14.5 Å². The fourth-order valence-corrected chi connectivity index (χ4v) is 1.91. The first-order chi connectivity index (χ1) is 8.54. The van der Waals surface area contributed by atoms with E-state index < -0.39 is 0 Å². The summed E-state index contributed by atoms with van der Waals surface area (Å²) in [4.78, 5) is 8.83. The normalized spacial score (nSPS) is 10.1. The standard InChI is InChI=1S/C12H14N4.C2H6/c1-7(2)11-10-9(5-13)6-16(4)12(10)15-8(3)14-11;1-2/h6-7H,1-4H3;1-2H3. The van der Waals surface area contributed by atoms with Gasteiger partial charge in [0.15, 0.2) is 0 Å². The summed E-state index contributed by atoms with van der Waals surface area (Å²) in [6.45, 7) is 10.0. The van der Waals surface area contributed by atoms with Gasteiger partial charge in [-0.3, -0.25) is 0 Å². The Labute approximate surface area is 108 Å². The quantitative estimate of drug-likeness (QED) is 0.773. The molecule has 0 aliphatic heterocycles. The van der Waals surface area contributed by atoms with Crippen molar-refractivity contribution in [1.82, 2.24) is 14.5 Å². The van der Waals surface area contributed by atoms with Gasteiger partial charge in [0.1, 0.15) is 17.5 Å². The molecule has 96 valence electrons. The molecule has 0 bridgehead atoms. The van der Waals surface area contributed by atoms with Crippen LogP contribution in [0.4, 0.5) is 0 Å². The van der Waals surface area contributed by atoms with Gasteiger partial charge < -0.3 is 4.57 Å². The predicted octanol–water partition coefficient (Wildman–Crippen LogP) is 3.30. The Hall–Kier alpha value is -1.89. The fourth-order valence-electron chi connectivity index (χ4n) is 1.91. The van der Waals surface area contributed by atoms with Gasteiger partial charge in [-0.15, -0.1) is 0 Å². The molecule has 0 radical (unpaired) electrons. The Kier molecular flexibility index (Phi) is 4.43. The van der Waals surface area contributed by atoms with Crippen LogP contribution in [0.25, 0.3) is 11.0 Å². The van der Waals surface area contributed by atoms with E-state index in [1.807, 2.05) is 38.6 Å². The number of hydrogen-bond donors (Lipinski definition) is 0. The van der Waals surface area contributed by atoms with Crippen molar-refractivity contribution in [3.05, 3.63) is 23.3 Å². The molecule has 2 rings (SSSR count). The minimum atomic E-state index is 0.290. The zero-order chi connectivity index (χ0) is 13.9. The molecule has 0 atom stereocenters. The fraction of sp³-hybridized carbons (Fsp3) is 0.500. The zero-order valence-corrected chi connectivity index (χ0v) is 11.9. The highest BCUT2D eigenvalue weighted by Crippen LogP contribution is 2.26. The van der Waals surface area contributed by atoms with Gasteiger partial charge in [0, 0.05) is 13.2 Å². The Morgan fingerprint density at radius 1 is 1.28 bits per heavy atom. The van der Waals surface area contributed by atoms with E-state index in [4.69, 9.17) is 5.26 Å². The maximum absolute atomic E-state index is 9.11. The molecule has 2 aromatic heterocycles. The van der Waals surface area contributed by atoms with Gasteiger partial charge in [-0.05, 0) is 12.8 Å².